The van der Waals surface area contributed by atoms with Crippen LogP contribution in [0, 0.1) is 17.6 Å². The lowest BCUT2D eigenvalue weighted by atomic mass is 9.77. The van der Waals surface area contributed by atoms with E-state index in [-0.39, 0.29) is 5.75 Å². The summed E-state index contributed by atoms with van der Waals surface area (Å²) in [6.45, 7) is 4.78. The summed E-state index contributed by atoms with van der Waals surface area (Å²) in [7, 11) is 0. The van der Waals surface area contributed by atoms with Crippen molar-refractivity contribution in [1.29, 1.82) is 0 Å². The fourth-order valence-electron chi connectivity index (χ4n) is 4.98. The van der Waals surface area contributed by atoms with Gasteiger partial charge < -0.3 is 4.74 Å². The molecule has 0 N–H and O–H groups in total. The van der Waals surface area contributed by atoms with Crippen LogP contribution in [0.4, 0.5) is 8.78 Å². The number of ether oxygens (including phenoxy) is 1. The van der Waals surface area contributed by atoms with E-state index in [2.05, 4.69) is 26.0 Å². The molecular formula is C29H40F2O. The van der Waals surface area contributed by atoms with Crippen molar-refractivity contribution in [1.82, 2.24) is 0 Å². The summed E-state index contributed by atoms with van der Waals surface area (Å²) >= 11 is 0. The molecule has 0 unspecified atom stereocenters. The van der Waals surface area contributed by atoms with Gasteiger partial charge in [-0.25, -0.2) is 4.39 Å². The van der Waals surface area contributed by atoms with Gasteiger partial charge in [0.2, 0.25) is 5.82 Å². The zero-order valence-electron chi connectivity index (χ0n) is 20.0. The molecule has 0 aliphatic heterocycles. The zero-order chi connectivity index (χ0) is 22.8. The number of halogens is 2. The minimum atomic E-state index is -0.889. The summed E-state index contributed by atoms with van der Waals surface area (Å²) in [5.41, 5.74) is 2.34. The van der Waals surface area contributed by atoms with E-state index in [1.54, 1.807) is 12.1 Å². The number of unbranched alkanes of at least 4 members (excludes halogenated alkanes) is 5. The minimum absolute atomic E-state index is 0.00503. The van der Waals surface area contributed by atoms with Crippen LogP contribution in [0.1, 0.15) is 102 Å². The Labute approximate surface area is 193 Å². The lowest BCUT2D eigenvalue weighted by molar-refractivity contribution is 0.286. The second-order valence-corrected chi connectivity index (χ2v) is 9.48. The van der Waals surface area contributed by atoms with E-state index < -0.39 is 11.6 Å². The quantitative estimate of drug-likeness (QED) is 0.297. The molecule has 0 saturated heterocycles. The molecule has 32 heavy (non-hydrogen) atoms. The number of hydrogen-bond acceptors (Lipinski definition) is 1. The smallest absolute Gasteiger partial charge is 0.201 e. The van der Waals surface area contributed by atoms with E-state index in [1.807, 2.05) is 12.1 Å². The normalized spacial score (nSPS) is 18.6. The highest BCUT2D eigenvalue weighted by atomic mass is 19.2. The summed E-state index contributed by atoms with van der Waals surface area (Å²) in [5.74, 6) is -0.223. The van der Waals surface area contributed by atoms with Gasteiger partial charge in [-0.1, -0.05) is 83.1 Å². The lowest BCUT2D eigenvalue weighted by Gasteiger charge is -2.29. The Hall–Kier alpha value is -1.90. The Kier molecular flexibility index (Phi) is 10.0. The second-order valence-electron chi connectivity index (χ2n) is 9.48. The number of benzene rings is 2. The molecule has 0 radical (unpaired) electrons. The van der Waals surface area contributed by atoms with Crippen molar-refractivity contribution in [3.8, 4) is 16.9 Å². The first-order valence-corrected chi connectivity index (χ1v) is 12.8. The first-order chi connectivity index (χ1) is 15.6. The van der Waals surface area contributed by atoms with E-state index in [0.29, 0.717) is 23.7 Å². The third kappa shape index (κ3) is 6.80. The Balaban J connectivity index is 1.56. The molecule has 1 saturated carbocycles. The predicted octanol–water partition coefficient (Wildman–Crippen LogP) is 9.44. The number of hydrogen-bond donors (Lipinski definition) is 0. The fourth-order valence-corrected chi connectivity index (χ4v) is 4.98. The van der Waals surface area contributed by atoms with Crippen LogP contribution in [0.15, 0.2) is 36.4 Å². The minimum Gasteiger partial charge on any atom is -0.490 e. The van der Waals surface area contributed by atoms with Gasteiger partial charge in [-0.15, -0.1) is 0 Å². The maximum absolute atomic E-state index is 14.7. The van der Waals surface area contributed by atoms with E-state index in [0.717, 1.165) is 25.2 Å². The molecule has 0 amide bonds. The van der Waals surface area contributed by atoms with Crippen LogP contribution in [0.2, 0.25) is 0 Å². The molecule has 0 heterocycles. The monoisotopic (exact) mass is 442 g/mol. The van der Waals surface area contributed by atoms with Crippen molar-refractivity contribution in [2.75, 3.05) is 6.61 Å². The molecule has 0 bridgehead atoms. The Morgan fingerprint density at radius 1 is 0.750 bits per heavy atom. The molecule has 0 aromatic heterocycles. The standard InChI is InChI=1S/C29H40F2O/c1-3-5-7-8-10-22-11-13-23(14-12-22)24-15-17-25(18-16-24)26-19-20-27(29(31)28(26)30)32-21-9-6-4-2/h15-20,22-23H,3-14,21H2,1-2H3. The highest BCUT2D eigenvalue weighted by Crippen LogP contribution is 2.38. The van der Waals surface area contributed by atoms with Gasteiger partial charge >= 0.3 is 0 Å². The second kappa shape index (κ2) is 13.0. The average molecular weight is 443 g/mol. The molecule has 1 fully saturated rings. The zero-order valence-corrected chi connectivity index (χ0v) is 20.0. The summed E-state index contributed by atoms with van der Waals surface area (Å²) in [4.78, 5) is 0. The summed E-state index contributed by atoms with van der Waals surface area (Å²) in [5, 5.41) is 0. The van der Waals surface area contributed by atoms with Gasteiger partial charge in [-0.3, -0.25) is 0 Å². The van der Waals surface area contributed by atoms with Crippen LogP contribution >= 0.6 is 0 Å². The maximum Gasteiger partial charge on any atom is 0.201 e. The molecule has 0 spiro atoms. The molecule has 2 aromatic rings. The molecule has 176 valence electrons. The van der Waals surface area contributed by atoms with E-state index in [9.17, 15) is 8.78 Å². The molecule has 3 heteroatoms. The van der Waals surface area contributed by atoms with E-state index in [1.165, 1.54) is 63.4 Å². The van der Waals surface area contributed by atoms with Crippen molar-refractivity contribution in [3.05, 3.63) is 53.6 Å². The summed E-state index contributed by atoms with van der Waals surface area (Å²) in [6, 6.07) is 11.3. The maximum atomic E-state index is 14.7. The Morgan fingerprint density at radius 3 is 2.12 bits per heavy atom. The van der Waals surface area contributed by atoms with Crippen molar-refractivity contribution in [2.24, 2.45) is 5.92 Å². The predicted molar refractivity (Wildman–Crippen MR) is 130 cm³/mol. The molecule has 1 nitrogen and oxygen atoms in total. The van der Waals surface area contributed by atoms with Crippen LogP contribution in [0.25, 0.3) is 11.1 Å². The highest BCUT2D eigenvalue weighted by Gasteiger charge is 2.22. The van der Waals surface area contributed by atoms with Crippen LogP contribution in [0.5, 0.6) is 5.75 Å². The van der Waals surface area contributed by atoms with Gasteiger partial charge in [0.15, 0.2) is 11.6 Å². The van der Waals surface area contributed by atoms with Crippen LogP contribution in [0.3, 0.4) is 0 Å². The van der Waals surface area contributed by atoms with Crippen molar-refractivity contribution < 1.29 is 13.5 Å². The Morgan fingerprint density at radius 2 is 1.44 bits per heavy atom. The van der Waals surface area contributed by atoms with Gasteiger partial charge in [-0.2, -0.15) is 4.39 Å². The first kappa shape index (κ1) is 24.7. The van der Waals surface area contributed by atoms with Gasteiger partial charge in [0.25, 0.3) is 0 Å². The topological polar surface area (TPSA) is 9.23 Å². The van der Waals surface area contributed by atoms with Gasteiger partial charge in [0.1, 0.15) is 0 Å². The molecule has 3 rings (SSSR count). The van der Waals surface area contributed by atoms with Crippen molar-refractivity contribution in [3.63, 3.8) is 0 Å². The SMILES string of the molecule is CCCCCCC1CCC(c2ccc(-c3ccc(OCCCCC)c(F)c3F)cc2)CC1. The van der Waals surface area contributed by atoms with Crippen LogP contribution in [-0.4, -0.2) is 6.61 Å². The van der Waals surface area contributed by atoms with Gasteiger partial charge in [0, 0.05) is 5.56 Å². The van der Waals surface area contributed by atoms with E-state index >= 15 is 0 Å². The molecular weight excluding hydrogens is 402 g/mol. The molecule has 1 aliphatic rings. The summed E-state index contributed by atoms with van der Waals surface area (Å²) < 4.78 is 34.7. The lowest BCUT2D eigenvalue weighted by Crippen LogP contribution is -2.13. The summed E-state index contributed by atoms with van der Waals surface area (Å²) in [6.07, 6.45) is 14.9. The fraction of sp³-hybridized carbons (Fsp3) is 0.586. The largest absolute Gasteiger partial charge is 0.490 e. The Bertz CT molecular complexity index is 807. The third-order valence-corrected chi connectivity index (χ3v) is 7.06. The third-order valence-electron chi connectivity index (χ3n) is 7.06. The first-order valence-electron chi connectivity index (χ1n) is 12.8. The van der Waals surface area contributed by atoms with Crippen LogP contribution in [-0.2, 0) is 0 Å². The molecule has 2 aromatic carbocycles. The van der Waals surface area contributed by atoms with Crippen molar-refractivity contribution >= 4 is 0 Å². The highest BCUT2D eigenvalue weighted by molar-refractivity contribution is 5.65. The van der Waals surface area contributed by atoms with Crippen LogP contribution < -0.4 is 4.74 Å². The average Bonchev–Trinajstić information content (AvgIpc) is 2.83. The number of rotatable bonds is 12. The van der Waals surface area contributed by atoms with Gasteiger partial charge in [-0.05, 0) is 67.2 Å². The molecule has 1 aliphatic carbocycles. The van der Waals surface area contributed by atoms with E-state index in [4.69, 9.17) is 4.74 Å². The van der Waals surface area contributed by atoms with Crippen molar-refractivity contribution in [2.45, 2.75) is 96.8 Å². The van der Waals surface area contributed by atoms with Gasteiger partial charge in [0.05, 0.1) is 6.61 Å². The molecule has 0 atom stereocenters.